The van der Waals surface area contributed by atoms with Gasteiger partial charge in [0, 0.05) is 11.3 Å². The third kappa shape index (κ3) is 4.49. The molecule has 2 heterocycles. The van der Waals surface area contributed by atoms with Crippen LogP contribution in [0.2, 0.25) is 0 Å². The minimum absolute atomic E-state index is 0.521. The molecule has 0 N–H and O–H groups in total. The molecule has 2 aromatic carbocycles. The van der Waals surface area contributed by atoms with Crippen molar-refractivity contribution in [3.05, 3.63) is 101 Å². The van der Waals surface area contributed by atoms with E-state index in [1.165, 1.54) is 0 Å². The van der Waals surface area contributed by atoms with Gasteiger partial charge in [-0.05, 0) is 61.7 Å². The van der Waals surface area contributed by atoms with Crippen LogP contribution in [0.5, 0.6) is 5.75 Å². The maximum absolute atomic E-state index is 9.19. The smallest absolute Gasteiger partial charge is 0.138 e. The van der Waals surface area contributed by atoms with E-state index in [-0.39, 0.29) is 0 Å². The van der Waals surface area contributed by atoms with Crippen LogP contribution in [-0.2, 0) is 13.2 Å². The molecule has 154 valence electrons. The van der Waals surface area contributed by atoms with Gasteiger partial charge in [0.1, 0.15) is 12.4 Å². The molecule has 0 unspecified atom stereocenters. The molecule has 31 heavy (non-hydrogen) atoms. The van der Waals surface area contributed by atoms with Gasteiger partial charge in [0.2, 0.25) is 0 Å². The van der Waals surface area contributed by atoms with E-state index < -0.39 is 0 Å². The molecule has 5 heteroatoms. The summed E-state index contributed by atoms with van der Waals surface area (Å²) in [6.45, 7) is 7.15. The molecule has 2 aromatic heterocycles. The zero-order valence-corrected chi connectivity index (χ0v) is 18.0. The van der Waals surface area contributed by atoms with Gasteiger partial charge in [-0.3, -0.25) is 9.67 Å². The average molecular weight is 409 g/mol. The van der Waals surface area contributed by atoms with Crippen LogP contribution < -0.4 is 4.74 Å². The first kappa shape index (κ1) is 20.4. The van der Waals surface area contributed by atoms with E-state index in [2.05, 4.69) is 24.0 Å². The molecule has 4 rings (SSSR count). The molecule has 0 spiro atoms. The van der Waals surface area contributed by atoms with Crippen molar-refractivity contribution in [3.8, 4) is 22.9 Å². The van der Waals surface area contributed by atoms with Gasteiger partial charge in [-0.25, -0.2) is 0 Å². The van der Waals surface area contributed by atoms with Crippen LogP contribution >= 0.6 is 0 Å². The summed E-state index contributed by atoms with van der Waals surface area (Å²) in [5, 5.41) is 13.9. The third-order valence-electron chi connectivity index (χ3n) is 5.37. The van der Waals surface area contributed by atoms with E-state index in [1.54, 1.807) is 6.20 Å². The largest absolute Gasteiger partial charge is 0.487 e. The van der Waals surface area contributed by atoms with Crippen molar-refractivity contribution in [2.75, 3.05) is 0 Å². The monoisotopic (exact) mass is 408 g/mol. The van der Waals surface area contributed by atoms with E-state index in [0.717, 1.165) is 45.1 Å². The van der Waals surface area contributed by atoms with Crippen molar-refractivity contribution in [2.24, 2.45) is 0 Å². The summed E-state index contributed by atoms with van der Waals surface area (Å²) in [5.41, 5.74) is 7.94. The lowest BCUT2D eigenvalue weighted by atomic mass is 9.99. The van der Waals surface area contributed by atoms with Gasteiger partial charge in [0.05, 0.1) is 35.8 Å². The van der Waals surface area contributed by atoms with Gasteiger partial charge in [0.15, 0.2) is 0 Å². The molecule has 4 aromatic rings. The predicted molar refractivity (Wildman–Crippen MR) is 121 cm³/mol. The highest BCUT2D eigenvalue weighted by Crippen LogP contribution is 2.29. The summed E-state index contributed by atoms with van der Waals surface area (Å²) in [7, 11) is 0. The molecule has 0 saturated heterocycles. The molecular formula is C26H24N4O. The maximum Gasteiger partial charge on any atom is 0.138 e. The molecule has 0 fully saturated rings. The van der Waals surface area contributed by atoms with E-state index in [4.69, 9.17) is 9.84 Å². The van der Waals surface area contributed by atoms with Crippen LogP contribution in [0.15, 0.2) is 66.9 Å². The van der Waals surface area contributed by atoms with Crippen molar-refractivity contribution in [1.82, 2.24) is 14.8 Å². The van der Waals surface area contributed by atoms with Crippen molar-refractivity contribution >= 4 is 0 Å². The fourth-order valence-electron chi connectivity index (χ4n) is 3.70. The first-order chi connectivity index (χ1) is 15.0. The first-order valence-corrected chi connectivity index (χ1v) is 10.2. The van der Waals surface area contributed by atoms with Crippen molar-refractivity contribution in [3.63, 3.8) is 0 Å². The minimum atomic E-state index is 0.521. The summed E-state index contributed by atoms with van der Waals surface area (Å²) in [5.74, 6) is 0.745. The molecule has 0 radical (unpaired) electrons. The lowest BCUT2D eigenvalue weighted by molar-refractivity contribution is 0.304. The number of hydrogen-bond acceptors (Lipinski definition) is 4. The Balaban J connectivity index is 1.49. The van der Waals surface area contributed by atoms with Crippen LogP contribution in [-0.4, -0.2) is 14.8 Å². The highest BCUT2D eigenvalue weighted by atomic mass is 16.5. The van der Waals surface area contributed by atoms with Crippen LogP contribution in [0.25, 0.3) is 11.1 Å². The van der Waals surface area contributed by atoms with Crippen molar-refractivity contribution < 1.29 is 4.74 Å². The van der Waals surface area contributed by atoms with Crippen LogP contribution in [0.4, 0.5) is 0 Å². The zero-order valence-electron chi connectivity index (χ0n) is 18.0. The molecule has 0 atom stereocenters. The van der Waals surface area contributed by atoms with Crippen LogP contribution in [0.1, 0.15) is 33.8 Å². The molecule has 0 aliphatic rings. The molecule has 0 aliphatic carbocycles. The SMILES string of the molecule is Cc1cc(-c2c(C)nn(Cc3ccc(OCc4ccccc4)cn3)c2C)ccc1C#N. The number of rotatable bonds is 6. The van der Waals surface area contributed by atoms with Crippen molar-refractivity contribution in [2.45, 2.75) is 33.9 Å². The topological polar surface area (TPSA) is 63.7 Å². The van der Waals surface area contributed by atoms with Gasteiger partial charge in [-0.15, -0.1) is 0 Å². The Hall–Kier alpha value is -3.91. The van der Waals surface area contributed by atoms with Gasteiger partial charge in [-0.2, -0.15) is 10.4 Å². The number of aromatic nitrogens is 3. The summed E-state index contributed by atoms with van der Waals surface area (Å²) >= 11 is 0. The van der Waals surface area contributed by atoms with E-state index in [0.29, 0.717) is 18.7 Å². The van der Waals surface area contributed by atoms with Gasteiger partial charge < -0.3 is 4.74 Å². The lowest BCUT2D eigenvalue weighted by Crippen LogP contribution is -2.06. The minimum Gasteiger partial charge on any atom is -0.487 e. The third-order valence-corrected chi connectivity index (χ3v) is 5.37. The molecule has 0 bridgehead atoms. The maximum atomic E-state index is 9.19. The van der Waals surface area contributed by atoms with Crippen LogP contribution in [0, 0.1) is 32.1 Å². The number of aryl methyl sites for hydroxylation is 2. The molecule has 0 saturated carbocycles. The van der Waals surface area contributed by atoms with Gasteiger partial charge >= 0.3 is 0 Å². The lowest BCUT2D eigenvalue weighted by Gasteiger charge is -2.09. The highest BCUT2D eigenvalue weighted by molar-refractivity contribution is 5.70. The summed E-state index contributed by atoms with van der Waals surface area (Å²) in [6.07, 6.45) is 1.76. The normalized spacial score (nSPS) is 10.6. The Kier molecular flexibility index (Phi) is 5.81. The number of benzene rings is 2. The summed E-state index contributed by atoms with van der Waals surface area (Å²) < 4.78 is 7.80. The molecular weight excluding hydrogens is 384 g/mol. The van der Waals surface area contributed by atoms with Crippen molar-refractivity contribution in [1.29, 1.82) is 5.26 Å². The standard InChI is InChI=1S/C26H24N4O/c1-18-13-22(9-10-23(18)14-27)26-19(2)29-30(20(26)3)16-24-11-12-25(15-28-24)31-17-21-7-5-4-6-8-21/h4-13,15H,16-17H2,1-3H3. The molecule has 0 aliphatic heterocycles. The average Bonchev–Trinajstić information content (AvgIpc) is 3.06. The Morgan fingerprint density at radius 1 is 1.00 bits per heavy atom. The molecule has 5 nitrogen and oxygen atoms in total. The first-order valence-electron chi connectivity index (χ1n) is 10.2. The fraction of sp³-hybridized carbons (Fsp3) is 0.192. The second kappa shape index (κ2) is 8.85. The number of nitrogens with zero attached hydrogens (tertiary/aromatic N) is 4. The Bertz CT molecular complexity index is 1240. The fourth-order valence-corrected chi connectivity index (χ4v) is 3.70. The number of pyridine rings is 1. The summed E-state index contributed by atoms with van der Waals surface area (Å²) in [6, 6.07) is 22.1. The zero-order chi connectivity index (χ0) is 21.8. The second-order valence-electron chi connectivity index (χ2n) is 7.60. The number of ether oxygens (including phenoxy) is 1. The van der Waals surface area contributed by atoms with E-state index in [9.17, 15) is 5.26 Å². The Morgan fingerprint density at radius 2 is 1.81 bits per heavy atom. The molecule has 0 amide bonds. The van der Waals surface area contributed by atoms with E-state index in [1.807, 2.05) is 73.1 Å². The summed E-state index contributed by atoms with van der Waals surface area (Å²) in [4.78, 5) is 4.55. The number of hydrogen-bond donors (Lipinski definition) is 0. The number of nitriles is 1. The van der Waals surface area contributed by atoms with E-state index >= 15 is 0 Å². The predicted octanol–water partition coefficient (Wildman–Crippen LogP) is 5.37. The van der Waals surface area contributed by atoms with Crippen LogP contribution in [0.3, 0.4) is 0 Å². The van der Waals surface area contributed by atoms with Gasteiger partial charge in [0.25, 0.3) is 0 Å². The Morgan fingerprint density at radius 3 is 2.48 bits per heavy atom. The highest BCUT2D eigenvalue weighted by Gasteiger charge is 2.15. The quantitative estimate of drug-likeness (QED) is 0.430. The van der Waals surface area contributed by atoms with Gasteiger partial charge in [-0.1, -0.05) is 36.4 Å². The Labute approximate surface area is 182 Å². The second-order valence-corrected chi connectivity index (χ2v) is 7.60.